The summed E-state index contributed by atoms with van der Waals surface area (Å²) in [4.78, 5) is 28.2. The number of halogens is 1. The lowest BCUT2D eigenvalue weighted by Gasteiger charge is -2.34. The Morgan fingerprint density at radius 2 is 2.19 bits per heavy atom. The molecule has 144 valence electrons. The van der Waals surface area contributed by atoms with Crippen LogP contribution in [0.5, 0.6) is 0 Å². The zero-order chi connectivity index (χ0) is 19.4. The Morgan fingerprint density at radius 3 is 3.00 bits per heavy atom. The smallest absolute Gasteiger partial charge is 0.331 e. The van der Waals surface area contributed by atoms with Gasteiger partial charge in [-0.1, -0.05) is 44.4 Å². The van der Waals surface area contributed by atoms with E-state index in [2.05, 4.69) is 24.1 Å². The number of fused-ring (bicyclic) bond motifs is 1. The van der Waals surface area contributed by atoms with Gasteiger partial charge in [0.25, 0.3) is 5.91 Å². The van der Waals surface area contributed by atoms with Crippen molar-refractivity contribution in [2.45, 2.75) is 39.2 Å². The molecule has 2 aromatic heterocycles. The SMILES string of the molecule is C[C@@H]1[C@@H](C)CCC[C@H]1NC(=O)COC(=O)/C=C/c1c(Cl)nc2ccccn12. The van der Waals surface area contributed by atoms with E-state index in [9.17, 15) is 9.59 Å². The molecule has 0 spiro atoms. The van der Waals surface area contributed by atoms with Crippen molar-refractivity contribution in [1.29, 1.82) is 0 Å². The number of amides is 1. The Balaban J connectivity index is 1.52. The number of carbonyl (C=O) groups is 2. The van der Waals surface area contributed by atoms with Gasteiger partial charge in [-0.05, 0) is 36.5 Å². The zero-order valence-electron chi connectivity index (χ0n) is 15.5. The molecule has 6 nitrogen and oxygen atoms in total. The van der Waals surface area contributed by atoms with Gasteiger partial charge in [-0.2, -0.15) is 0 Å². The third kappa shape index (κ3) is 4.69. The predicted molar refractivity (Wildman–Crippen MR) is 104 cm³/mol. The number of rotatable bonds is 5. The lowest BCUT2D eigenvalue weighted by Crippen LogP contribution is -2.45. The molecule has 27 heavy (non-hydrogen) atoms. The van der Waals surface area contributed by atoms with Crippen molar-refractivity contribution >= 4 is 35.2 Å². The second-order valence-corrected chi connectivity index (χ2v) is 7.46. The van der Waals surface area contributed by atoms with E-state index in [0.29, 0.717) is 28.3 Å². The fraction of sp³-hybridized carbons (Fsp3) is 0.450. The molecule has 7 heteroatoms. The van der Waals surface area contributed by atoms with Crippen LogP contribution < -0.4 is 5.32 Å². The number of hydrogen-bond donors (Lipinski definition) is 1. The number of nitrogens with one attached hydrogen (secondary N) is 1. The first-order valence-electron chi connectivity index (χ1n) is 9.22. The average Bonchev–Trinajstić information content (AvgIpc) is 2.97. The molecule has 0 radical (unpaired) electrons. The first-order chi connectivity index (χ1) is 13.0. The van der Waals surface area contributed by atoms with Crippen molar-refractivity contribution in [2.24, 2.45) is 11.8 Å². The summed E-state index contributed by atoms with van der Waals surface area (Å²) in [5.41, 5.74) is 1.27. The van der Waals surface area contributed by atoms with Gasteiger partial charge in [0.1, 0.15) is 5.65 Å². The molecule has 1 fully saturated rings. The van der Waals surface area contributed by atoms with E-state index in [1.807, 2.05) is 18.2 Å². The van der Waals surface area contributed by atoms with Crippen LogP contribution >= 0.6 is 11.6 Å². The minimum absolute atomic E-state index is 0.146. The zero-order valence-corrected chi connectivity index (χ0v) is 16.3. The molecule has 2 aromatic rings. The first-order valence-corrected chi connectivity index (χ1v) is 9.60. The van der Waals surface area contributed by atoms with Crippen LogP contribution in [0.15, 0.2) is 30.5 Å². The number of hydrogen-bond acceptors (Lipinski definition) is 4. The molecule has 0 bridgehead atoms. The molecule has 1 aliphatic carbocycles. The van der Waals surface area contributed by atoms with Gasteiger partial charge < -0.3 is 10.1 Å². The van der Waals surface area contributed by atoms with Gasteiger partial charge in [0.2, 0.25) is 0 Å². The fourth-order valence-electron chi connectivity index (χ4n) is 3.50. The molecule has 3 atom stereocenters. The Kier molecular flexibility index (Phi) is 6.16. The summed E-state index contributed by atoms with van der Waals surface area (Å²) in [6.45, 7) is 4.07. The molecule has 3 rings (SSSR count). The molecule has 1 amide bonds. The van der Waals surface area contributed by atoms with Crippen molar-refractivity contribution in [3.63, 3.8) is 0 Å². The van der Waals surface area contributed by atoms with E-state index in [-0.39, 0.29) is 18.6 Å². The number of ether oxygens (including phenoxy) is 1. The van der Waals surface area contributed by atoms with Crippen LogP contribution in [-0.4, -0.2) is 33.9 Å². The Labute approximate surface area is 163 Å². The number of aromatic nitrogens is 2. The van der Waals surface area contributed by atoms with Gasteiger partial charge in [0, 0.05) is 18.3 Å². The van der Waals surface area contributed by atoms with E-state index in [0.717, 1.165) is 12.8 Å². The van der Waals surface area contributed by atoms with Gasteiger partial charge in [-0.3, -0.25) is 9.20 Å². The molecule has 1 N–H and O–H groups in total. The topological polar surface area (TPSA) is 72.7 Å². The van der Waals surface area contributed by atoms with Crippen molar-refractivity contribution in [3.05, 3.63) is 41.3 Å². The summed E-state index contributed by atoms with van der Waals surface area (Å²) < 4.78 is 6.82. The van der Waals surface area contributed by atoms with E-state index in [1.54, 1.807) is 10.6 Å². The molecule has 1 aliphatic rings. The van der Waals surface area contributed by atoms with Crippen molar-refractivity contribution < 1.29 is 14.3 Å². The monoisotopic (exact) mass is 389 g/mol. The summed E-state index contributed by atoms with van der Waals surface area (Å²) in [5.74, 6) is 0.146. The molecular formula is C20H24ClN3O3. The van der Waals surface area contributed by atoms with E-state index >= 15 is 0 Å². The highest BCUT2D eigenvalue weighted by Gasteiger charge is 2.28. The number of esters is 1. The maximum atomic E-state index is 12.1. The summed E-state index contributed by atoms with van der Waals surface area (Å²) >= 11 is 6.11. The van der Waals surface area contributed by atoms with Crippen LogP contribution in [0.3, 0.4) is 0 Å². The minimum atomic E-state index is -0.600. The van der Waals surface area contributed by atoms with E-state index in [4.69, 9.17) is 16.3 Å². The number of carbonyl (C=O) groups excluding carboxylic acids is 2. The first kappa shape index (κ1) is 19.4. The molecule has 0 aliphatic heterocycles. The molecule has 0 unspecified atom stereocenters. The van der Waals surface area contributed by atoms with Crippen LogP contribution in [0.2, 0.25) is 5.15 Å². The highest BCUT2D eigenvalue weighted by molar-refractivity contribution is 6.31. The number of imidazole rings is 1. The van der Waals surface area contributed by atoms with Gasteiger partial charge in [0.05, 0.1) is 5.69 Å². The molecule has 0 saturated heterocycles. The number of nitrogens with zero attached hydrogens (tertiary/aromatic N) is 2. The molecule has 2 heterocycles. The third-order valence-electron chi connectivity index (χ3n) is 5.30. The van der Waals surface area contributed by atoms with Crippen LogP contribution in [0, 0.1) is 11.8 Å². The van der Waals surface area contributed by atoms with Gasteiger partial charge in [-0.25, -0.2) is 9.78 Å². The largest absolute Gasteiger partial charge is 0.452 e. The fourth-order valence-corrected chi connectivity index (χ4v) is 3.74. The van der Waals surface area contributed by atoms with Crippen molar-refractivity contribution in [2.75, 3.05) is 6.61 Å². The van der Waals surface area contributed by atoms with E-state index < -0.39 is 5.97 Å². The summed E-state index contributed by atoms with van der Waals surface area (Å²) in [6.07, 6.45) is 7.86. The summed E-state index contributed by atoms with van der Waals surface area (Å²) in [7, 11) is 0. The van der Waals surface area contributed by atoms with Crippen molar-refractivity contribution in [1.82, 2.24) is 14.7 Å². The van der Waals surface area contributed by atoms with Gasteiger partial charge >= 0.3 is 5.97 Å². The average molecular weight is 390 g/mol. The Bertz CT molecular complexity index is 861. The second kappa shape index (κ2) is 8.57. The third-order valence-corrected chi connectivity index (χ3v) is 5.58. The van der Waals surface area contributed by atoms with Gasteiger partial charge in [0.15, 0.2) is 11.8 Å². The van der Waals surface area contributed by atoms with Crippen molar-refractivity contribution in [3.8, 4) is 0 Å². The minimum Gasteiger partial charge on any atom is -0.452 e. The predicted octanol–water partition coefficient (Wildman–Crippen LogP) is 3.49. The Hall–Kier alpha value is -2.34. The maximum absolute atomic E-state index is 12.1. The molecule has 0 aromatic carbocycles. The normalized spacial score (nSPS) is 22.9. The standard InChI is InChI=1S/C20H24ClN3O3/c1-13-6-5-7-15(14(13)2)22-18(25)12-27-19(26)10-9-16-20(21)23-17-8-3-4-11-24(16)17/h3-4,8-11,13-15H,5-7,12H2,1-2H3,(H,22,25)/b10-9+/t13-,14+,15+/m0/s1. The quantitative estimate of drug-likeness (QED) is 0.627. The van der Waals surface area contributed by atoms with Gasteiger partial charge in [-0.15, -0.1) is 0 Å². The lowest BCUT2D eigenvalue weighted by atomic mass is 9.78. The highest BCUT2D eigenvalue weighted by atomic mass is 35.5. The molecular weight excluding hydrogens is 366 g/mol. The van der Waals surface area contributed by atoms with Crippen LogP contribution in [0.4, 0.5) is 0 Å². The van der Waals surface area contributed by atoms with Crippen LogP contribution in [-0.2, 0) is 14.3 Å². The maximum Gasteiger partial charge on any atom is 0.331 e. The second-order valence-electron chi connectivity index (χ2n) is 7.10. The summed E-state index contributed by atoms with van der Waals surface area (Å²) in [6, 6.07) is 5.66. The molecule has 1 saturated carbocycles. The Morgan fingerprint density at radius 1 is 1.37 bits per heavy atom. The van der Waals surface area contributed by atoms with Crippen LogP contribution in [0.1, 0.15) is 38.8 Å². The number of pyridine rings is 1. The van der Waals surface area contributed by atoms with E-state index in [1.165, 1.54) is 18.6 Å². The lowest BCUT2D eigenvalue weighted by molar-refractivity contribution is -0.144. The highest BCUT2D eigenvalue weighted by Crippen LogP contribution is 2.29. The summed E-state index contributed by atoms with van der Waals surface area (Å²) in [5, 5.41) is 3.28. The van der Waals surface area contributed by atoms with Crippen LogP contribution in [0.25, 0.3) is 11.7 Å².